The molecule has 0 N–H and O–H groups in total. The highest BCUT2D eigenvalue weighted by atomic mass is 16.7. The molecule has 0 aromatic carbocycles. The molecular weight excluding hydrogens is 128 g/mol. The Morgan fingerprint density at radius 1 is 1.70 bits per heavy atom. The zero-order valence-corrected chi connectivity index (χ0v) is 6.43. The standard InChI is InChI=1S/C8H14O2/c1-7(2)3-4-8-5-9-6-10-8/h8H,1,3-6H2,2H3. The Balaban J connectivity index is 2.07. The molecule has 0 aromatic heterocycles. The van der Waals surface area contributed by atoms with Gasteiger partial charge in [-0.15, -0.1) is 6.58 Å². The third-order valence-electron chi connectivity index (χ3n) is 1.58. The van der Waals surface area contributed by atoms with E-state index in [2.05, 4.69) is 6.58 Å². The molecule has 2 nitrogen and oxygen atoms in total. The van der Waals surface area contributed by atoms with Gasteiger partial charge >= 0.3 is 0 Å². The lowest BCUT2D eigenvalue weighted by molar-refractivity contribution is 0.0448. The van der Waals surface area contributed by atoms with Gasteiger partial charge in [-0.3, -0.25) is 0 Å². The number of rotatable bonds is 3. The van der Waals surface area contributed by atoms with Crippen molar-refractivity contribution in [2.24, 2.45) is 0 Å². The minimum Gasteiger partial charge on any atom is -0.353 e. The Morgan fingerprint density at radius 3 is 3.00 bits per heavy atom. The van der Waals surface area contributed by atoms with Crippen LogP contribution in [0.3, 0.4) is 0 Å². The Kier molecular flexibility index (Phi) is 2.90. The SMILES string of the molecule is C=C(C)CCC1COCO1. The van der Waals surface area contributed by atoms with E-state index in [-0.39, 0.29) is 0 Å². The minimum absolute atomic E-state index is 0.316. The van der Waals surface area contributed by atoms with Crippen molar-refractivity contribution >= 4 is 0 Å². The fourth-order valence-corrected chi connectivity index (χ4v) is 0.946. The quantitative estimate of drug-likeness (QED) is 0.558. The molecule has 0 bridgehead atoms. The van der Waals surface area contributed by atoms with Crippen molar-refractivity contribution in [3.05, 3.63) is 12.2 Å². The first kappa shape index (κ1) is 7.76. The van der Waals surface area contributed by atoms with Crippen LogP contribution in [0, 0.1) is 0 Å². The van der Waals surface area contributed by atoms with Crippen molar-refractivity contribution in [2.45, 2.75) is 25.9 Å². The van der Waals surface area contributed by atoms with E-state index in [1.54, 1.807) is 0 Å². The van der Waals surface area contributed by atoms with Crippen molar-refractivity contribution in [3.63, 3.8) is 0 Å². The molecule has 2 heteroatoms. The zero-order chi connectivity index (χ0) is 7.40. The number of hydrogen-bond donors (Lipinski definition) is 0. The average molecular weight is 142 g/mol. The van der Waals surface area contributed by atoms with E-state index in [0.717, 1.165) is 19.4 Å². The molecule has 1 heterocycles. The van der Waals surface area contributed by atoms with E-state index in [9.17, 15) is 0 Å². The first-order valence-electron chi connectivity index (χ1n) is 3.63. The molecule has 0 aliphatic carbocycles. The van der Waals surface area contributed by atoms with Crippen LogP contribution in [-0.2, 0) is 9.47 Å². The molecular formula is C8H14O2. The normalized spacial score (nSPS) is 25.1. The first-order chi connectivity index (χ1) is 4.79. The summed E-state index contributed by atoms with van der Waals surface area (Å²) in [5.41, 5.74) is 1.22. The van der Waals surface area contributed by atoms with Crippen LogP contribution in [0.5, 0.6) is 0 Å². The van der Waals surface area contributed by atoms with Crippen molar-refractivity contribution in [1.29, 1.82) is 0 Å². The molecule has 1 unspecified atom stereocenters. The Labute approximate surface area is 61.8 Å². The summed E-state index contributed by atoms with van der Waals surface area (Å²) in [6, 6.07) is 0. The summed E-state index contributed by atoms with van der Waals surface area (Å²) in [6.45, 7) is 7.09. The third-order valence-corrected chi connectivity index (χ3v) is 1.58. The lowest BCUT2D eigenvalue weighted by Crippen LogP contribution is -2.08. The predicted molar refractivity (Wildman–Crippen MR) is 39.7 cm³/mol. The summed E-state index contributed by atoms with van der Waals surface area (Å²) in [7, 11) is 0. The summed E-state index contributed by atoms with van der Waals surface area (Å²) in [4.78, 5) is 0. The van der Waals surface area contributed by atoms with E-state index in [4.69, 9.17) is 9.47 Å². The van der Waals surface area contributed by atoms with Crippen LogP contribution in [0.15, 0.2) is 12.2 Å². The molecule has 1 atom stereocenters. The van der Waals surface area contributed by atoms with Gasteiger partial charge in [0.05, 0.1) is 12.7 Å². The number of hydrogen-bond acceptors (Lipinski definition) is 2. The maximum atomic E-state index is 5.24. The van der Waals surface area contributed by atoms with Crippen molar-refractivity contribution in [3.8, 4) is 0 Å². The van der Waals surface area contributed by atoms with E-state index in [1.807, 2.05) is 6.92 Å². The summed E-state index contributed by atoms with van der Waals surface area (Å²) < 4.78 is 10.3. The molecule has 10 heavy (non-hydrogen) atoms. The van der Waals surface area contributed by atoms with Crippen LogP contribution >= 0.6 is 0 Å². The summed E-state index contributed by atoms with van der Waals surface area (Å²) >= 11 is 0. The van der Waals surface area contributed by atoms with Crippen molar-refractivity contribution in [2.75, 3.05) is 13.4 Å². The van der Waals surface area contributed by atoms with Gasteiger partial charge in [-0.2, -0.15) is 0 Å². The average Bonchev–Trinajstić information content (AvgIpc) is 2.34. The molecule has 1 saturated heterocycles. The monoisotopic (exact) mass is 142 g/mol. The van der Waals surface area contributed by atoms with Gasteiger partial charge in [-0.05, 0) is 19.8 Å². The van der Waals surface area contributed by atoms with Gasteiger partial charge in [0.2, 0.25) is 0 Å². The van der Waals surface area contributed by atoms with E-state index < -0.39 is 0 Å². The highest BCUT2D eigenvalue weighted by Crippen LogP contribution is 2.12. The minimum atomic E-state index is 0.316. The van der Waals surface area contributed by atoms with Gasteiger partial charge < -0.3 is 9.47 Å². The smallest absolute Gasteiger partial charge is 0.147 e. The zero-order valence-electron chi connectivity index (χ0n) is 6.43. The van der Waals surface area contributed by atoms with Crippen LogP contribution in [0.25, 0.3) is 0 Å². The molecule has 1 fully saturated rings. The molecule has 58 valence electrons. The largest absolute Gasteiger partial charge is 0.353 e. The van der Waals surface area contributed by atoms with Gasteiger partial charge in [0.15, 0.2) is 0 Å². The topological polar surface area (TPSA) is 18.5 Å². The van der Waals surface area contributed by atoms with Gasteiger partial charge in [0.1, 0.15) is 6.79 Å². The molecule has 0 aromatic rings. The van der Waals surface area contributed by atoms with E-state index >= 15 is 0 Å². The molecule has 0 amide bonds. The van der Waals surface area contributed by atoms with Gasteiger partial charge in [-0.25, -0.2) is 0 Å². The number of ether oxygens (including phenoxy) is 2. The summed E-state index contributed by atoms with van der Waals surface area (Å²) in [5, 5.41) is 0. The highest BCUT2D eigenvalue weighted by Gasteiger charge is 2.14. The van der Waals surface area contributed by atoms with Gasteiger partial charge in [-0.1, -0.05) is 5.57 Å². The van der Waals surface area contributed by atoms with Crippen molar-refractivity contribution < 1.29 is 9.47 Å². The molecule has 1 aliphatic heterocycles. The van der Waals surface area contributed by atoms with Gasteiger partial charge in [0.25, 0.3) is 0 Å². The second-order valence-electron chi connectivity index (χ2n) is 2.77. The van der Waals surface area contributed by atoms with Crippen molar-refractivity contribution in [1.82, 2.24) is 0 Å². The summed E-state index contributed by atoms with van der Waals surface area (Å²) in [5.74, 6) is 0. The second-order valence-corrected chi connectivity index (χ2v) is 2.77. The Bertz CT molecular complexity index is 114. The fraction of sp³-hybridized carbons (Fsp3) is 0.750. The second kappa shape index (κ2) is 3.74. The third kappa shape index (κ3) is 2.50. The molecule has 0 radical (unpaired) electrons. The molecule has 0 saturated carbocycles. The predicted octanol–water partition coefficient (Wildman–Crippen LogP) is 1.72. The van der Waals surface area contributed by atoms with Crippen LogP contribution < -0.4 is 0 Å². The van der Waals surface area contributed by atoms with Crippen LogP contribution in [0.4, 0.5) is 0 Å². The van der Waals surface area contributed by atoms with Gasteiger partial charge in [0, 0.05) is 0 Å². The maximum absolute atomic E-state index is 5.24. The van der Waals surface area contributed by atoms with E-state index in [1.165, 1.54) is 5.57 Å². The van der Waals surface area contributed by atoms with E-state index in [0.29, 0.717) is 12.9 Å². The summed E-state index contributed by atoms with van der Waals surface area (Å²) in [6.07, 6.45) is 2.42. The fourth-order valence-electron chi connectivity index (χ4n) is 0.946. The highest BCUT2D eigenvalue weighted by molar-refractivity contribution is 4.88. The Hall–Kier alpha value is -0.340. The van der Waals surface area contributed by atoms with Crippen LogP contribution in [-0.4, -0.2) is 19.5 Å². The molecule has 1 aliphatic rings. The number of allylic oxidation sites excluding steroid dienone is 1. The molecule has 1 rings (SSSR count). The molecule has 0 spiro atoms. The first-order valence-corrected chi connectivity index (χ1v) is 3.63. The lowest BCUT2D eigenvalue weighted by Gasteiger charge is -2.05. The maximum Gasteiger partial charge on any atom is 0.147 e. The lowest BCUT2D eigenvalue weighted by atomic mass is 10.1. The van der Waals surface area contributed by atoms with Crippen LogP contribution in [0.1, 0.15) is 19.8 Å². The van der Waals surface area contributed by atoms with Crippen LogP contribution in [0.2, 0.25) is 0 Å². The Morgan fingerprint density at radius 2 is 2.50 bits per heavy atom.